The molecule has 0 spiro atoms. The first kappa shape index (κ1) is 17.7. The largest absolute Gasteiger partial charge is 0.489 e. The van der Waals surface area contributed by atoms with E-state index in [1.165, 1.54) is 12.1 Å². The smallest absolute Gasteiger partial charge is 0.261 e. The molecule has 2 aliphatic heterocycles. The van der Waals surface area contributed by atoms with Gasteiger partial charge in [-0.3, -0.25) is 9.52 Å². The standard InChI is InChI=1S/C19H21N3O4S/c1-21-11-12-26-18-13-14(4-9-17(18)21)20-27(24,25)16-7-5-15(6-8-16)22-10-2-3-19(22)23/h4-9,13,20H,2-3,10-12H2,1H3. The second-order valence-electron chi connectivity index (χ2n) is 6.70. The number of fused-ring (bicyclic) bond motifs is 1. The molecule has 2 aromatic carbocycles. The summed E-state index contributed by atoms with van der Waals surface area (Å²) in [6.45, 7) is 2.03. The van der Waals surface area contributed by atoms with E-state index in [1.54, 1.807) is 29.2 Å². The zero-order valence-electron chi connectivity index (χ0n) is 15.0. The van der Waals surface area contributed by atoms with Gasteiger partial charge in [0.15, 0.2) is 0 Å². The Bertz CT molecular complexity index is 973. The number of amides is 1. The van der Waals surface area contributed by atoms with Gasteiger partial charge in [-0.2, -0.15) is 0 Å². The quantitative estimate of drug-likeness (QED) is 0.872. The average molecular weight is 387 g/mol. The van der Waals surface area contributed by atoms with Crippen LogP contribution in [0.25, 0.3) is 0 Å². The number of carbonyl (C=O) groups excluding carboxylic acids is 1. The zero-order valence-corrected chi connectivity index (χ0v) is 15.8. The van der Waals surface area contributed by atoms with Crippen LogP contribution in [0.2, 0.25) is 0 Å². The summed E-state index contributed by atoms with van der Waals surface area (Å²) in [6, 6.07) is 11.6. The molecule has 4 rings (SSSR count). The van der Waals surface area contributed by atoms with Crippen LogP contribution < -0.4 is 19.3 Å². The van der Waals surface area contributed by atoms with Gasteiger partial charge in [0.05, 0.1) is 22.8 Å². The highest BCUT2D eigenvalue weighted by atomic mass is 32.2. The lowest BCUT2D eigenvalue weighted by Crippen LogP contribution is -2.28. The monoisotopic (exact) mass is 387 g/mol. The fourth-order valence-corrected chi connectivity index (χ4v) is 4.41. The van der Waals surface area contributed by atoms with Gasteiger partial charge in [-0.25, -0.2) is 8.42 Å². The van der Waals surface area contributed by atoms with Gasteiger partial charge in [0, 0.05) is 31.8 Å². The number of rotatable bonds is 4. The van der Waals surface area contributed by atoms with E-state index in [4.69, 9.17) is 4.74 Å². The molecular weight excluding hydrogens is 366 g/mol. The van der Waals surface area contributed by atoms with Gasteiger partial charge in [-0.15, -0.1) is 0 Å². The maximum atomic E-state index is 12.7. The van der Waals surface area contributed by atoms with Gasteiger partial charge >= 0.3 is 0 Å². The molecule has 0 saturated carbocycles. The van der Waals surface area contributed by atoms with Crippen LogP contribution in [0.1, 0.15) is 12.8 Å². The van der Waals surface area contributed by atoms with E-state index < -0.39 is 10.0 Å². The zero-order chi connectivity index (χ0) is 19.0. The molecule has 0 aromatic heterocycles. The normalized spacial score (nSPS) is 16.9. The molecule has 8 heteroatoms. The fraction of sp³-hybridized carbons (Fsp3) is 0.316. The average Bonchev–Trinajstić information content (AvgIpc) is 3.07. The summed E-state index contributed by atoms with van der Waals surface area (Å²) in [4.78, 5) is 15.7. The molecule has 1 fully saturated rings. The lowest BCUT2D eigenvalue weighted by Gasteiger charge is -2.28. The third-order valence-corrected chi connectivity index (χ3v) is 6.24. The Morgan fingerprint density at radius 3 is 2.56 bits per heavy atom. The second kappa shape index (κ2) is 6.77. The molecule has 7 nitrogen and oxygen atoms in total. The number of benzene rings is 2. The maximum Gasteiger partial charge on any atom is 0.261 e. The molecule has 1 saturated heterocycles. The summed E-state index contributed by atoms with van der Waals surface area (Å²) in [7, 11) is -1.76. The highest BCUT2D eigenvalue weighted by molar-refractivity contribution is 7.92. The summed E-state index contributed by atoms with van der Waals surface area (Å²) < 4.78 is 33.6. The van der Waals surface area contributed by atoms with Crippen molar-refractivity contribution in [3.8, 4) is 5.75 Å². The van der Waals surface area contributed by atoms with E-state index in [9.17, 15) is 13.2 Å². The number of hydrogen-bond donors (Lipinski definition) is 1. The van der Waals surface area contributed by atoms with Gasteiger partial charge < -0.3 is 14.5 Å². The van der Waals surface area contributed by atoms with Crippen LogP contribution in [0.15, 0.2) is 47.4 Å². The molecule has 1 N–H and O–H groups in total. The van der Waals surface area contributed by atoms with Crippen molar-refractivity contribution in [2.24, 2.45) is 0 Å². The summed E-state index contributed by atoms with van der Waals surface area (Å²) in [6.07, 6.45) is 1.37. The molecule has 2 aromatic rings. The number of nitrogens with zero attached hydrogens (tertiary/aromatic N) is 2. The third-order valence-electron chi connectivity index (χ3n) is 4.84. The van der Waals surface area contributed by atoms with E-state index >= 15 is 0 Å². The van der Waals surface area contributed by atoms with Crippen LogP contribution in [0.5, 0.6) is 5.75 Å². The van der Waals surface area contributed by atoms with Crippen LogP contribution >= 0.6 is 0 Å². The van der Waals surface area contributed by atoms with Crippen molar-refractivity contribution >= 4 is 33.0 Å². The topological polar surface area (TPSA) is 79.0 Å². The molecule has 2 heterocycles. The Hall–Kier alpha value is -2.74. The molecular formula is C19H21N3O4S. The first-order valence-corrected chi connectivity index (χ1v) is 10.3. The Morgan fingerprint density at radius 1 is 1.07 bits per heavy atom. The Morgan fingerprint density at radius 2 is 1.85 bits per heavy atom. The number of anilines is 3. The molecule has 0 bridgehead atoms. The van der Waals surface area contributed by atoms with E-state index in [0.717, 1.165) is 24.3 Å². The molecule has 2 aliphatic rings. The van der Waals surface area contributed by atoms with Gasteiger partial charge in [0.2, 0.25) is 5.91 Å². The van der Waals surface area contributed by atoms with E-state index in [0.29, 0.717) is 31.0 Å². The first-order chi connectivity index (χ1) is 12.9. The van der Waals surface area contributed by atoms with Crippen molar-refractivity contribution in [1.82, 2.24) is 0 Å². The molecule has 27 heavy (non-hydrogen) atoms. The molecule has 0 unspecified atom stereocenters. The van der Waals surface area contributed by atoms with Crippen molar-refractivity contribution in [3.05, 3.63) is 42.5 Å². The van der Waals surface area contributed by atoms with Crippen molar-refractivity contribution < 1.29 is 17.9 Å². The minimum atomic E-state index is -3.73. The van der Waals surface area contributed by atoms with Crippen LogP contribution in [0, 0.1) is 0 Å². The number of likely N-dealkylation sites (N-methyl/N-ethyl adjacent to an activating group) is 1. The Balaban J connectivity index is 1.54. The lowest BCUT2D eigenvalue weighted by molar-refractivity contribution is -0.117. The summed E-state index contributed by atoms with van der Waals surface area (Å²) in [5, 5.41) is 0. The van der Waals surface area contributed by atoms with Gasteiger partial charge in [0.25, 0.3) is 10.0 Å². The SMILES string of the molecule is CN1CCOc2cc(NS(=O)(=O)c3ccc(N4CCCC4=O)cc3)ccc21. The summed E-state index contributed by atoms with van der Waals surface area (Å²) in [5.41, 5.74) is 2.10. The highest BCUT2D eigenvalue weighted by Crippen LogP contribution is 2.34. The van der Waals surface area contributed by atoms with Crippen molar-refractivity contribution in [2.45, 2.75) is 17.7 Å². The molecule has 142 valence electrons. The number of nitrogens with one attached hydrogen (secondary N) is 1. The second-order valence-corrected chi connectivity index (χ2v) is 8.38. The maximum absolute atomic E-state index is 12.7. The van der Waals surface area contributed by atoms with Crippen LogP contribution in [-0.2, 0) is 14.8 Å². The van der Waals surface area contributed by atoms with Crippen molar-refractivity contribution in [3.63, 3.8) is 0 Å². The van der Waals surface area contributed by atoms with Crippen LogP contribution in [0.3, 0.4) is 0 Å². The van der Waals surface area contributed by atoms with Gasteiger partial charge in [-0.05, 0) is 42.8 Å². The van der Waals surface area contributed by atoms with Crippen LogP contribution in [-0.4, -0.2) is 41.1 Å². The van der Waals surface area contributed by atoms with Crippen molar-refractivity contribution in [2.75, 3.05) is 41.3 Å². The molecule has 1 amide bonds. The van der Waals surface area contributed by atoms with Gasteiger partial charge in [0.1, 0.15) is 12.4 Å². The van der Waals surface area contributed by atoms with Crippen molar-refractivity contribution in [1.29, 1.82) is 0 Å². The number of carbonyl (C=O) groups is 1. The van der Waals surface area contributed by atoms with E-state index in [1.807, 2.05) is 13.1 Å². The predicted molar refractivity (Wildman–Crippen MR) is 104 cm³/mol. The number of sulfonamides is 1. The molecule has 0 aliphatic carbocycles. The summed E-state index contributed by atoms with van der Waals surface area (Å²) >= 11 is 0. The third kappa shape index (κ3) is 3.44. The number of hydrogen-bond acceptors (Lipinski definition) is 5. The Labute approximate surface area is 158 Å². The fourth-order valence-electron chi connectivity index (χ4n) is 3.36. The minimum absolute atomic E-state index is 0.0720. The predicted octanol–water partition coefficient (Wildman–Crippen LogP) is 2.44. The van der Waals surface area contributed by atoms with Crippen LogP contribution in [0.4, 0.5) is 17.1 Å². The van der Waals surface area contributed by atoms with E-state index in [-0.39, 0.29) is 10.8 Å². The first-order valence-electron chi connectivity index (χ1n) is 8.85. The molecule has 0 radical (unpaired) electrons. The van der Waals surface area contributed by atoms with Gasteiger partial charge in [-0.1, -0.05) is 0 Å². The van der Waals surface area contributed by atoms with E-state index in [2.05, 4.69) is 9.62 Å². The Kier molecular flexibility index (Phi) is 4.43. The highest BCUT2D eigenvalue weighted by Gasteiger charge is 2.23. The lowest BCUT2D eigenvalue weighted by atomic mass is 10.2. The molecule has 0 atom stereocenters. The number of ether oxygens (including phenoxy) is 1. The summed E-state index contributed by atoms with van der Waals surface area (Å²) in [5.74, 6) is 0.731. The minimum Gasteiger partial charge on any atom is -0.489 e.